The first-order valence-corrected chi connectivity index (χ1v) is 8.26. The highest BCUT2D eigenvalue weighted by atomic mass is 16.5. The van der Waals surface area contributed by atoms with Gasteiger partial charge >= 0.3 is 12.7 Å². The molecule has 0 amide bonds. The second-order valence-corrected chi connectivity index (χ2v) is 6.63. The van der Waals surface area contributed by atoms with Gasteiger partial charge in [0.25, 0.3) is 0 Å². The first kappa shape index (κ1) is 14.8. The summed E-state index contributed by atoms with van der Waals surface area (Å²) in [6.07, 6.45) is 4.26. The van der Waals surface area contributed by atoms with Crippen molar-refractivity contribution in [3.05, 3.63) is 40.8 Å². The zero-order valence-corrected chi connectivity index (χ0v) is 13.1. The highest BCUT2D eigenvalue weighted by Gasteiger charge is 2.44. The van der Waals surface area contributed by atoms with Gasteiger partial charge in [0.2, 0.25) is 0 Å². The molecule has 120 valence electrons. The number of rotatable bonds is 3. The lowest BCUT2D eigenvalue weighted by Crippen LogP contribution is -2.52. The first-order valence-electron chi connectivity index (χ1n) is 8.26. The molecule has 1 N–H and O–H groups in total. The van der Waals surface area contributed by atoms with Crippen LogP contribution < -0.4 is 10.4 Å². The summed E-state index contributed by atoms with van der Waals surface area (Å²) < 4.78 is 11.4. The summed E-state index contributed by atoms with van der Waals surface area (Å²) in [5, 5.41) is 10.8. The zero-order valence-electron chi connectivity index (χ0n) is 13.1. The molecule has 2 aromatic rings. The van der Waals surface area contributed by atoms with Crippen molar-refractivity contribution < 1.29 is 14.2 Å². The molecule has 2 aliphatic rings. The number of ether oxygens (including phenoxy) is 1. The summed E-state index contributed by atoms with van der Waals surface area (Å²) in [7, 11) is -0.386. The molecule has 2 unspecified atom stereocenters. The summed E-state index contributed by atoms with van der Waals surface area (Å²) in [4.78, 5) is 13.6. The van der Waals surface area contributed by atoms with E-state index in [1.165, 1.54) is 6.07 Å². The molecule has 0 saturated carbocycles. The summed E-state index contributed by atoms with van der Waals surface area (Å²) >= 11 is 0. The summed E-state index contributed by atoms with van der Waals surface area (Å²) in [5.74, 6) is 0.738. The predicted octanol–water partition coefficient (Wildman–Crippen LogP) is 2.28. The molecule has 2 fully saturated rings. The van der Waals surface area contributed by atoms with Crippen molar-refractivity contribution in [2.75, 3.05) is 0 Å². The number of hydrogen-bond acceptors (Lipinski definition) is 5. The van der Waals surface area contributed by atoms with Crippen LogP contribution >= 0.6 is 0 Å². The zero-order chi connectivity index (χ0) is 16.0. The molecule has 0 aliphatic carbocycles. The van der Waals surface area contributed by atoms with Crippen molar-refractivity contribution in [1.29, 1.82) is 0 Å². The van der Waals surface area contributed by atoms with Gasteiger partial charge in [-0.25, -0.2) is 4.79 Å². The Morgan fingerprint density at radius 1 is 1.22 bits per heavy atom. The summed E-state index contributed by atoms with van der Waals surface area (Å²) in [5.41, 5.74) is 0.206. The van der Waals surface area contributed by atoms with Gasteiger partial charge < -0.3 is 19.0 Å². The normalized spacial score (nSPS) is 27.3. The second-order valence-electron chi connectivity index (χ2n) is 6.63. The van der Waals surface area contributed by atoms with Crippen LogP contribution in [-0.2, 0) is 0 Å². The van der Waals surface area contributed by atoms with E-state index in [9.17, 15) is 9.82 Å². The summed E-state index contributed by atoms with van der Waals surface area (Å²) in [6, 6.07) is 9.60. The van der Waals surface area contributed by atoms with E-state index in [1.54, 1.807) is 12.1 Å². The van der Waals surface area contributed by atoms with Crippen LogP contribution in [-0.4, -0.2) is 35.1 Å². The Hall–Kier alpha value is -1.79. The SMILES string of the molecule is CB(O)N1C2CC[C@@H]1CC(Oc1ccc3ccc(=O)oc3c1)C2. The minimum atomic E-state index is -0.386. The highest BCUT2D eigenvalue weighted by molar-refractivity contribution is 6.45. The molecule has 0 spiro atoms. The minimum Gasteiger partial charge on any atom is -0.490 e. The molecule has 0 radical (unpaired) electrons. The predicted molar refractivity (Wildman–Crippen MR) is 88.6 cm³/mol. The van der Waals surface area contributed by atoms with E-state index in [0.717, 1.165) is 36.8 Å². The van der Waals surface area contributed by atoms with Gasteiger partial charge in [-0.1, -0.05) is 0 Å². The van der Waals surface area contributed by atoms with Crippen LogP contribution in [0.5, 0.6) is 5.75 Å². The smallest absolute Gasteiger partial charge is 0.376 e. The van der Waals surface area contributed by atoms with Gasteiger partial charge in [0.1, 0.15) is 17.4 Å². The number of hydrogen-bond donors (Lipinski definition) is 1. The minimum absolute atomic E-state index is 0.149. The fourth-order valence-electron chi connectivity index (χ4n) is 4.18. The molecule has 4 rings (SSSR count). The Labute approximate surface area is 135 Å². The monoisotopic (exact) mass is 313 g/mol. The number of nitrogens with zero attached hydrogens (tertiary/aromatic N) is 1. The lowest BCUT2D eigenvalue weighted by molar-refractivity contribution is 0.0864. The fraction of sp³-hybridized carbons (Fsp3) is 0.471. The van der Waals surface area contributed by atoms with Gasteiger partial charge in [-0.3, -0.25) is 0 Å². The maximum Gasteiger partial charge on any atom is 0.376 e. The molecule has 6 heteroatoms. The average Bonchev–Trinajstić information content (AvgIpc) is 2.79. The molecule has 2 bridgehead atoms. The van der Waals surface area contributed by atoms with Crippen molar-refractivity contribution in [2.45, 2.75) is 50.7 Å². The molecule has 3 heterocycles. The number of piperidine rings is 1. The van der Waals surface area contributed by atoms with Crippen molar-refractivity contribution in [3.8, 4) is 5.75 Å². The molecular weight excluding hydrogens is 293 g/mol. The largest absolute Gasteiger partial charge is 0.490 e. The van der Waals surface area contributed by atoms with E-state index in [4.69, 9.17) is 9.15 Å². The van der Waals surface area contributed by atoms with Crippen molar-refractivity contribution in [3.63, 3.8) is 0 Å². The molecule has 5 nitrogen and oxygen atoms in total. The van der Waals surface area contributed by atoms with Crippen LogP contribution in [0.4, 0.5) is 0 Å². The van der Waals surface area contributed by atoms with Crippen molar-refractivity contribution in [1.82, 2.24) is 4.81 Å². The van der Waals surface area contributed by atoms with E-state index >= 15 is 0 Å². The Bertz CT molecular complexity index is 761. The Morgan fingerprint density at radius 3 is 2.61 bits per heavy atom. The third-order valence-corrected chi connectivity index (χ3v) is 5.08. The van der Waals surface area contributed by atoms with Crippen LogP contribution in [0.1, 0.15) is 25.7 Å². The van der Waals surface area contributed by atoms with Gasteiger partial charge in [-0.15, -0.1) is 0 Å². The maximum atomic E-state index is 11.3. The Kier molecular flexibility index (Phi) is 3.66. The molecular formula is C17H20BNO4. The van der Waals surface area contributed by atoms with Gasteiger partial charge in [0.15, 0.2) is 0 Å². The highest BCUT2D eigenvalue weighted by Crippen LogP contribution is 2.37. The van der Waals surface area contributed by atoms with Crippen molar-refractivity contribution >= 4 is 18.0 Å². The van der Waals surface area contributed by atoms with Gasteiger partial charge in [0, 0.05) is 29.6 Å². The van der Waals surface area contributed by atoms with Gasteiger partial charge in [-0.2, -0.15) is 0 Å². The Morgan fingerprint density at radius 2 is 1.91 bits per heavy atom. The molecule has 23 heavy (non-hydrogen) atoms. The third kappa shape index (κ3) is 2.77. The number of benzene rings is 1. The summed E-state index contributed by atoms with van der Waals surface area (Å²) in [6.45, 7) is 1.85. The maximum absolute atomic E-state index is 11.3. The van der Waals surface area contributed by atoms with E-state index in [2.05, 4.69) is 4.81 Å². The van der Waals surface area contributed by atoms with Crippen LogP contribution in [0.25, 0.3) is 11.0 Å². The number of fused-ring (bicyclic) bond motifs is 3. The molecule has 3 atom stereocenters. The molecule has 2 aliphatic heterocycles. The van der Waals surface area contributed by atoms with Crippen LogP contribution in [0.2, 0.25) is 6.82 Å². The first-order chi connectivity index (χ1) is 11.1. The second kappa shape index (κ2) is 5.69. The quantitative estimate of drug-likeness (QED) is 0.696. The van der Waals surface area contributed by atoms with E-state index in [-0.39, 0.29) is 18.8 Å². The average molecular weight is 313 g/mol. The third-order valence-electron chi connectivity index (χ3n) is 5.08. The molecule has 1 aromatic carbocycles. The Balaban J connectivity index is 1.52. The van der Waals surface area contributed by atoms with Crippen LogP contribution in [0, 0.1) is 0 Å². The topological polar surface area (TPSA) is 62.9 Å². The van der Waals surface area contributed by atoms with E-state index in [0.29, 0.717) is 17.7 Å². The fourth-order valence-corrected chi connectivity index (χ4v) is 4.18. The molecule has 1 aromatic heterocycles. The van der Waals surface area contributed by atoms with Gasteiger partial charge in [0.05, 0.1) is 0 Å². The van der Waals surface area contributed by atoms with Crippen LogP contribution in [0.3, 0.4) is 0 Å². The van der Waals surface area contributed by atoms with E-state index < -0.39 is 0 Å². The lowest BCUT2D eigenvalue weighted by atomic mass is 9.79. The molecule has 2 saturated heterocycles. The standard InChI is InChI=1S/C17H20BNO4/c1-18(21)19-12-4-5-13(19)9-15(8-12)22-14-6-2-11-3-7-17(20)23-16(11)10-14/h2-3,6-7,10,12-13,15,21H,4-5,8-9H2,1H3/t12-,13?,15?/m1/s1. The van der Waals surface area contributed by atoms with Crippen LogP contribution in [0.15, 0.2) is 39.5 Å². The van der Waals surface area contributed by atoms with Crippen molar-refractivity contribution in [2.24, 2.45) is 0 Å². The lowest BCUT2D eigenvalue weighted by Gasteiger charge is -2.39. The van der Waals surface area contributed by atoms with E-state index in [1.807, 2.05) is 19.0 Å². The van der Waals surface area contributed by atoms with Gasteiger partial charge in [-0.05, 0) is 50.7 Å².